The van der Waals surface area contributed by atoms with E-state index in [0.717, 1.165) is 8.95 Å². The molecule has 0 heterocycles. The normalized spacial score (nSPS) is 10.2. The van der Waals surface area contributed by atoms with Crippen molar-refractivity contribution in [1.29, 1.82) is 0 Å². The average molecular weight is 488 g/mol. The topological polar surface area (TPSA) is 99.9 Å². The van der Waals surface area contributed by atoms with Crippen LogP contribution in [0.1, 0.15) is 10.4 Å². The average Bonchev–Trinajstić information content (AvgIpc) is 2.61. The number of anilines is 1. The van der Waals surface area contributed by atoms with E-state index >= 15 is 0 Å². The largest absolute Gasteiger partial charge is 0.493 e. The second-order valence-electron chi connectivity index (χ2n) is 5.04. The third-order valence-electron chi connectivity index (χ3n) is 3.26. The van der Waals surface area contributed by atoms with Crippen molar-refractivity contribution in [3.05, 3.63) is 44.8 Å². The Balaban J connectivity index is 2.35. The van der Waals surface area contributed by atoms with Gasteiger partial charge in [0.05, 0.1) is 19.9 Å². The van der Waals surface area contributed by atoms with E-state index in [1.54, 1.807) is 6.07 Å². The van der Waals surface area contributed by atoms with Crippen molar-refractivity contribution in [2.75, 3.05) is 26.1 Å². The second kappa shape index (κ2) is 8.91. The molecule has 0 aliphatic carbocycles. The second-order valence-corrected chi connectivity index (χ2v) is 6.81. The summed E-state index contributed by atoms with van der Waals surface area (Å²) in [6.45, 7) is -0.344. The van der Waals surface area contributed by atoms with Gasteiger partial charge in [-0.15, -0.1) is 0 Å². The molecular weight excluding hydrogens is 472 g/mol. The Labute approximate surface area is 167 Å². The van der Waals surface area contributed by atoms with E-state index in [4.69, 9.17) is 19.9 Å². The highest BCUT2D eigenvalue weighted by molar-refractivity contribution is 9.11. The number of nitrogens with two attached hydrogens (primary N) is 1. The molecule has 0 atom stereocenters. The van der Waals surface area contributed by atoms with Crippen molar-refractivity contribution in [3.8, 4) is 17.2 Å². The van der Waals surface area contributed by atoms with Crippen LogP contribution in [0.2, 0.25) is 0 Å². The van der Waals surface area contributed by atoms with Crippen LogP contribution in [0.5, 0.6) is 17.2 Å². The minimum atomic E-state index is -0.643. The summed E-state index contributed by atoms with van der Waals surface area (Å²) < 4.78 is 17.4. The van der Waals surface area contributed by atoms with Crippen LogP contribution in [0.25, 0.3) is 0 Å². The van der Waals surface area contributed by atoms with Gasteiger partial charge < -0.3 is 25.3 Å². The predicted octanol–water partition coefficient (Wildman–Crippen LogP) is 3.35. The lowest BCUT2D eigenvalue weighted by molar-refractivity contribution is -0.120. The molecule has 0 unspecified atom stereocenters. The molecule has 2 aromatic rings. The van der Waals surface area contributed by atoms with Crippen molar-refractivity contribution in [3.63, 3.8) is 0 Å². The number of amides is 2. The van der Waals surface area contributed by atoms with Crippen molar-refractivity contribution >= 4 is 49.4 Å². The SMILES string of the molecule is COc1cc(C(=O)Nc2cc(Br)ccc2Br)cc(OC)c1OCC(N)=O. The first-order chi connectivity index (χ1) is 12.3. The van der Waals surface area contributed by atoms with Gasteiger partial charge in [-0.2, -0.15) is 0 Å². The monoisotopic (exact) mass is 486 g/mol. The van der Waals surface area contributed by atoms with E-state index in [1.807, 2.05) is 12.1 Å². The summed E-state index contributed by atoms with van der Waals surface area (Å²) in [5.74, 6) is -0.348. The van der Waals surface area contributed by atoms with Gasteiger partial charge in [0.25, 0.3) is 11.8 Å². The lowest BCUT2D eigenvalue weighted by atomic mass is 10.1. The summed E-state index contributed by atoms with van der Waals surface area (Å²) >= 11 is 6.74. The van der Waals surface area contributed by atoms with Gasteiger partial charge in [0.15, 0.2) is 18.1 Å². The van der Waals surface area contributed by atoms with Crippen LogP contribution in [-0.4, -0.2) is 32.6 Å². The van der Waals surface area contributed by atoms with E-state index in [9.17, 15) is 9.59 Å². The molecule has 0 saturated carbocycles. The molecule has 26 heavy (non-hydrogen) atoms. The highest BCUT2D eigenvalue weighted by atomic mass is 79.9. The number of carbonyl (C=O) groups excluding carboxylic acids is 2. The Morgan fingerprint density at radius 1 is 1.08 bits per heavy atom. The van der Waals surface area contributed by atoms with E-state index in [2.05, 4.69) is 37.2 Å². The minimum absolute atomic E-state index is 0.189. The van der Waals surface area contributed by atoms with Crippen LogP contribution in [0, 0.1) is 0 Å². The van der Waals surface area contributed by atoms with Gasteiger partial charge in [0, 0.05) is 14.5 Å². The maximum absolute atomic E-state index is 12.6. The van der Waals surface area contributed by atoms with Crippen molar-refractivity contribution in [2.24, 2.45) is 5.73 Å². The summed E-state index contributed by atoms with van der Waals surface area (Å²) in [7, 11) is 2.83. The van der Waals surface area contributed by atoms with Gasteiger partial charge in [-0.05, 0) is 46.3 Å². The highest BCUT2D eigenvalue weighted by Crippen LogP contribution is 2.39. The Bertz CT molecular complexity index is 817. The maximum atomic E-state index is 12.6. The molecule has 7 nitrogen and oxygen atoms in total. The van der Waals surface area contributed by atoms with Gasteiger partial charge in [-0.1, -0.05) is 15.9 Å². The first-order valence-electron chi connectivity index (χ1n) is 7.29. The molecule has 0 aliphatic rings. The zero-order chi connectivity index (χ0) is 19.3. The molecule has 0 aliphatic heterocycles. The van der Waals surface area contributed by atoms with Gasteiger partial charge in [0.1, 0.15) is 0 Å². The van der Waals surface area contributed by atoms with Crippen molar-refractivity contribution in [2.45, 2.75) is 0 Å². The zero-order valence-electron chi connectivity index (χ0n) is 14.0. The van der Waals surface area contributed by atoms with Crippen LogP contribution in [0.15, 0.2) is 39.3 Å². The molecule has 0 bridgehead atoms. The number of primary amides is 1. The van der Waals surface area contributed by atoms with Gasteiger partial charge in [-0.25, -0.2) is 0 Å². The molecule has 2 aromatic carbocycles. The van der Waals surface area contributed by atoms with Crippen molar-refractivity contribution in [1.82, 2.24) is 0 Å². The quantitative estimate of drug-likeness (QED) is 0.623. The Hall–Kier alpha value is -2.26. The zero-order valence-corrected chi connectivity index (χ0v) is 17.1. The third kappa shape index (κ3) is 4.89. The summed E-state index contributed by atoms with van der Waals surface area (Å²) in [5.41, 5.74) is 5.98. The summed E-state index contributed by atoms with van der Waals surface area (Å²) in [4.78, 5) is 23.6. The van der Waals surface area contributed by atoms with Gasteiger partial charge in [-0.3, -0.25) is 9.59 Å². The number of benzene rings is 2. The summed E-state index contributed by atoms with van der Waals surface area (Å²) in [6, 6.07) is 8.39. The molecule has 2 rings (SSSR count). The first-order valence-corrected chi connectivity index (χ1v) is 8.87. The summed E-state index contributed by atoms with van der Waals surface area (Å²) in [5, 5.41) is 2.80. The fourth-order valence-corrected chi connectivity index (χ4v) is 2.79. The third-order valence-corrected chi connectivity index (χ3v) is 4.44. The lowest BCUT2D eigenvalue weighted by Gasteiger charge is -2.15. The van der Waals surface area contributed by atoms with E-state index in [-0.39, 0.29) is 35.3 Å². The maximum Gasteiger partial charge on any atom is 0.255 e. The highest BCUT2D eigenvalue weighted by Gasteiger charge is 2.19. The number of carbonyl (C=O) groups is 2. The van der Waals surface area contributed by atoms with Crippen molar-refractivity contribution < 1.29 is 23.8 Å². The molecular formula is C17H16Br2N2O5. The van der Waals surface area contributed by atoms with Gasteiger partial charge in [0.2, 0.25) is 5.75 Å². The molecule has 0 radical (unpaired) electrons. The number of methoxy groups -OCH3 is 2. The smallest absolute Gasteiger partial charge is 0.255 e. The molecule has 0 spiro atoms. The molecule has 3 N–H and O–H groups in total. The van der Waals surface area contributed by atoms with E-state index < -0.39 is 5.91 Å². The van der Waals surface area contributed by atoms with E-state index in [1.165, 1.54) is 26.4 Å². The number of ether oxygens (including phenoxy) is 3. The van der Waals surface area contributed by atoms with Crippen LogP contribution in [0.3, 0.4) is 0 Å². The molecule has 0 saturated heterocycles. The Morgan fingerprint density at radius 2 is 1.69 bits per heavy atom. The van der Waals surface area contributed by atoms with Crippen LogP contribution < -0.4 is 25.3 Å². The Morgan fingerprint density at radius 3 is 2.23 bits per heavy atom. The van der Waals surface area contributed by atoms with E-state index in [0.29, 0.717) is 5.69 Å². The van der Waals surface area contributed by atoms with Crippen LogP contribution >= 0.6 is 31.9 Å². The number of rotatable bonds is 7. The molecule has 138 valence electrons. The number of hydrogen-bond acceptors (Lipinski definition) is 5. The fraction of sp³-hybridized carbons (Fsp3) is 0.176. The molecule has 9 heteroatoms. The Kier molecular flexibility index (Phi) is 6.87. The van der Waals surface area contributed by atoms with Gasteiger partial charge >= 0.3 is 0 Å². The molecule has 0 aromatic heterocycles. The lowest BCUT2D eigenvalue weighted by Crippen LogP contribution is -2.20. The van der Waals surface area contributed by atoms with Crippen LogP contribution in [-0.2, 0) is 4.79 Å². The predicted molar refractivity (Wildman–Crippen MR) is 104 cm³/mol. The first kappa shape index (κ1) is 20.1. The number of halogens is 2. The summed E-state index contributed by atoms with van der Waals surface area (Å²) in [6.07, 6.45) is 0. The number of hydrogen-bond donors (Lipinski definition) is 2. The molecule has 0 fully saturated rings. The number of nitrogens with one attached hydrogen (secondary N) is 1. The standard InChI is InChI=1S/C17H16Br2N2O5/c1-24-13-5-9(6-14(25-2)16(13)26-8-15(20)22)17(23)21-12-7-10(18)3-4-11(12)19/h3-7H,8H2,1-2H3,(H2,20,22)(H,21,23). The molecule has 2 amide bonds. The fourth-order valence-electron chi connectivity index (χ4n) is 2.08. The minimum Gasteiger partial charge on any atom is -0.493 e. The van der Waals surface area contributed by atoms with Crippen LogP contribution in [0.4, 0.5) is 5.69 Å².